The SMILES string of the molecule is Cc1nccn1CCN(C)c1ccc(CN)cc1. The smallest absolute Gasteiger partial charge is 0.105 e. The minimum Gasteiger partial charge on any atom is -0.373 e. The molecular formula is C14H20N4. The summed E-state index contributed by atoms with van der Waals surface area (Å²) in [7, 11) is 2.10. The minimum atomic E-state index is 0.595. The van der Waals surface area contributed by atoms with E-state index in [0.29, 0.717) is 6.54 Å². The van der Waals surface area contributed by atoms with Crippen molar-refractivity contribution in [3.8, 4) is 0 Å². The molecule has 18 heavy (non-hydrogen) atoms. The van der Waals surface area contributed by atoms with Crippen molar-refractivity contribution in [1.82, 2.24) is 9.55 Å². The van der Waals surface area contributed by atoms with E-state index in [1.807, 2.05) is 19.3 Å². The highest BCUT2D eigenvalue weighted by molar-refractivity contribution is 5.46. The Hall–Kier alpha value is -1.81. The number of rotatable bonds is 5. The van der Waals surface area contributed by atoms with Crippen molar-refractivity contribution in [2.75, 3.05) is 18.5 Å². The molecular weight excluding hydrogens is 224 g/mol. The average Bonchev–Trinajstić information content (AvgIpc) is 2.81. The summed E-state index contributed by atoms with van der Waals surface area (Å²) < 4.78 is 2.16. The van der Waals surface area contributed by atoms with E-state index in [1.54, 1.807) is 0 Å². The van der Waals surface area contributed by atoms with E-state index in [2.05, 4.69) is 45.8 Å². The van der Waals surface area contributed by atoms with E-state index in [-0.39, 0.29) is 0 Å². The average molecular weight is 244 g/mol. The Morgan fingerprint density at radius 1 is 1.28 bits per heavy atom. The van der Waals surface area contributed by atoms with Crippen molar-refractivity contribution < 1.29 is 0 Å². The van der Waals surface area contributed by atoms with Gasteiger partial charge < -0.3 is 15.2 Å². The number of aryl methyl sites for hydroxylation is 1. The zero-order valence-corrected chi connectivity index (χ0v) is 11.0. The van der Waals surface area contributed by atoms with Crippen LogP contribution >= 0.6 is 0 Å². The number of hydrogen-bond acceptors (Lipinski definition) is 3. The van der Waals surface area contributed by atoms with Gasteiger partial charge in [-0.3, -0.25) is 0 Å². The van der Waals surface area contributed by atoms with Crippen LogP contribution in [0.2, 0.25) is 0 Å². The first-order chi connectivity index (χ1) is 8.70. The first-order valence-corrected chi connectivity index (χ1v) is 6.18. The molecule has 0 fully saturated rings. The van der Waals surface area contributed by atoms with Crippen LogP contribution in [-0.4, -0.2) is 23.1 Å². The molecule has 0 aliphatic rings. The Morgan fingerprint density at radius 2 is 2.00 bits per heavy atom. The van der Waals surface area contributed by atoms with Crippen molar-refractivity contribution in [3.05, 3.63) is 48.0 Å². The highest BCUT2D eigenvalue weighted by Gasteiger charge is 2.02. The molecule has 0 amide bonds. The largest absolute Gasteiger partial charge is 0.373 e. The molecule has 2 aromatic rings. The minimum absolute atomic E-state index is 0.595. The van der Waals surface area contributed by atoms with Crippen LogP contribution in [0.1, 0.15) is 11.4 Å². The van der Waals surface area contributed by atoms with Crippen LogP contribution in [-0.2, 0) is 13.1 Å². The molecule has 1 aromatic carbocycles. The highest BCUT2D eigenvalue weighted by atomic mass is 15.1. The molecule has 1 aromatic heterocycles. The lowest BCUT2D eigenvalue weighted by atomic mass is 10.2. The molecule has 0 aliphatic heterocycles. The molecule has 0 aliphatic carbocycles. The number of aromatic nitrogens is 2. The Bertz CT molecular complexity index is 487. The molecule has 4 nitrogen and oxygen atoms in total. The Kier molecular flexibility index (Phi) is 3.99. The van der Waals surface area contributed by atoms with Crippen LogP contribution in [0.4, 0.5) is 5.69 Å². The van der Waals surface area contributed by atoms with E-state index in [9.17, 15) is 0 Å². The van der Waals surface area contributed by atoms with Gasteiger partial charge in [0.25, 0.3) is 0 Å². The lowest BCUT2D eigenvalue weighted by Gasteiger charge is -2.20. The van der Waals surface area contributed by atoms with Gasteiger partial charge in [-0.05, 0) is 24.6 Å². The first kappa shape index (κ1) is 12.6. The summed E-state index contributed by atoms with van der Waals surface area (Å²) in [5.41, 5.74) is 7.97. The molecule has 0 radical (unpaired) electrons. The lowest BCUT2D eigenvalue weighted by molar-refractivity contribution is 0.664. The molecule has 2 N–H and O–H groups in total. The summed E-state index contributed by atoms with van der Waals surface area (Å²) >= 11 is 0. The predicted octanol–water partition coefficient (Wildman–Crippen LogP) is 1.79. The van der Waals surface area contributed by atoms with E-state index in [0.717, 1.165) is 24.5 Å². The summed E-state index contributed by atoms with van der Waals surface area (Å²) in [4.78, 5) is 6.46. The van der Waals surface area contributed by atoms with E-state index in [4.69, 9.17) is 5.73 Å². The third-order valence-corrected chi connectivity index (χ3v) is 3.21. The van der Waals surface area contributed by atoms with Gasteiger partial charge in [-0.25, -0.2) is 4.98 Å². The van der Waals surface area contributed by atoms with Gasteiger partial charge in [-0.2, -0.15) is 0 Å². The molecule has 0 saturated carbocycles. The quantitative estimate of drug-likeness (QED) is 0.872. The van der Waals surface area contributed by atoms with Gasteiger partial charge in [0, 0.05) is 44.8 Å². The Balaban J connectivity index is 1.94. The molecule has 96 valence electrons. The van der Waals surface area contributed by atoms with Crippen LogP contribution < -0.4 is 10.6 Å². The monoisotopic (exact) mass is 244 g/mol. The third kappa shape index (κ3) is 2.90. The van der Waals surface area contributed by atoms with Gasteiger partial charge in [-0.1, -0.05) is 12.1 Å². The van der Waals surface area contributed by atoms with Crippen LogP contribution in [0.25, 0.3) is 0 Å². The van der Waals surface area contributed by atoms with Crippen molar-refractivity contribution in [1.29, 1.82) is 0 Å². The molecule has 1 heterocycles. The van der Waals surface area contributed by atoms with Crippen molar-refractivity contribution >= 4 is 5.69 Å². The van der Waals surface area contributed by atoms with E-state index in [1.165, 1.54) is 5.69 Å². The summed E-state index contributed by atoms with van der Waals surface area (Å²) in [6.07, 6.45) is 3.85. The summed E-state index contributed by atoms with van der Waals surface area (Å²) in [6.45, 7) is 4.52. The zero-order chi connectivity index (χ0) is 13.0. The van der Waals surface area contributed by atoms with Crippen LogP contribution in [0, 0.1) is 6.92 Å². The summed E-state index contributed by atoms with van der Waals surface area (Å²) in [5, 5.41) is 0. The molecule has 2 rings (SSSR count). The maximum atomic E-state index is 5.59. The lowest BCUT2D eigenvalue weighted by Crippen LogP contribution is -2.22. The fraction of sp³-hybridized carbons (Fsp3) is 0.357. The van der Waals surface area contributed by atoms with Gasteiger partial charge in [0.05, 0.1) is 0 Å². The standard InChI is InChI=1S/C14H20N4/c1-12-16-7-8-18(12)10-9-17(2)14-5-3-13(11-15)4-6-14/h3-8H,9-11,15H2,1-2H3. The van der Waals surface area contributed by atoms with Crippen molar-refractivity contribution in [3.63, 3.8) is 0 Å². The van der Waals surface area contributed by atoms with Gasteiger partial charge in [-0.15, -0.1) is 0 Å². The van der Waals surface area contributed by atoms with Crippen LogP contribution in [0.3, 0.4) is 0 Å². The molecule has 0 bridgehead atoms. The predicted molar refractivity (Wildman–Crippen MR) is 74.6 cm³/mol. The number of imidazole rings is 1. The second kappa shape index (κ2) is 5.69. The van der Waals surface area contributed by atoms with Crippen molar-refractivity contribution in [2.24, 2.45) is 5.73 Å². The van der Waals surface area contributed by atoms with E-state index < -0.39 is 0 Å². The summed E-state index contributed by atoms with van der Waals surface area (Å²) in [5.74, 6) is 1.06. The highest BCUT2D eigenvalue weighted by Crippen LogP contribution is 2.13. The molecule has 4 heteroatoms. The Morgan fingerprint density at radius 3 is 2.56 bits per heavy atom. The van der Waals surface area contributed by atoms with E-state index >= 15 is 0 Å². The number of nitrogens with zero attached hydrogens (tertiary/aromatic N) is 3. The third-order valence-electron chi connectivity index (χ3n) is 3.21. The second-order valence-corrected chi connectivity index (χ2v) is 4.46. The van der Waals surface area contributed by atoms with Crippen LogP contribution in [0.5, 0.6) is 0 Å². The first-order valence-electron chi connectivity index (χ1n) is 6.18. The normalized spacial score (nSPS) is 10.6. The zero-order valence-electron chi connectivity index (χ0n) is 11.0. The summed E-state index contributed by atoms with van der Waals surface area (Å²) in [6, 6.07) is 8.38. The topological polar surface area (TPSA) is 47.1 Å². The van der Waals surface area contributed by atoms with Gasteiger partial charge in [0.15, 0.2) is 0 Å². The maximum absolute atomic E-state index is 5.59. The Labute approximate surface area is 108 Å². The van der Waals surface area contributed by atoms with Gasteiger partial charge >= 0.3 is 0 Å². The number of benzene rings is 1. The molecule has 0 unspecified atom stereocenters. The number of nitrogens with two attached hydrogens (primary N) is 1. The number of anilines is 1. The van der Waals surface area contributed by atoms with Crippen LogP contribution in [0.15, 0.2) is 36.7 Å². The maximum Gasteiger partial charge on any atom is 0.105 e. The molecule has 0 atom stereocenters. The molecule has 0 saturated heterocycles. The van der Waals surface area contributed by atoms with Crippen molar-refractivity contribution in [2.45, 2.75) is 20.0 Å². The fourth-order valence-electron chi connectivity index (χ4n) is 1.91. The fourth-order valence-corrected chi connectivity index (χ4v) is 1.91. The van der Waals surface area contributed by atoms with Gasteiger partial charge in [0.1, 0.15) is 5.82 Å². The van der Waals surface area contributed by atoms with Gasteiger partial charge in [0.2, 0.25) is 0 Å². The molecule has 0 spiro atoms. The number of hydrogen-bond donors (Lipinski definition) is 1. The second-order valence-electron chi connectivity index (χ2n) is 4.46. The number of likely N-dealkylation sites (N-methyl/N-ethyl adjacent to an activating group) is 1.